The van der Waals surface area contributed by atoms with Crippen molar-refractivity contribution in [3.05, 3.63) is 29.3 Å². The molecule has 5 nitrogen and oxygen atoms in total. The molecule has 19 heavy (non-hydrogen) atoms. The van der Waals surface area contributed by atoms with Crippen LogP contribution in [0.3, 0.4) is 0 Å². The molecule has 0 atom stereocenters. The van der Waals surface area contributed by atoms with Crippen LogP contribution < -0.4 is 0 Å². The van der Waals surface area contributed by atoms with Crippen LogP contribution in [0.4, 0.5) is 0 Å². The molecule has 0 aromatic carbocycles. The van der Waals surface area contributed by atoms with E-state index in [1.807, 2.05) is 17.5 Å². The van der Waals surface area contributed by atoms with Gasteiger partial charge in [-0.3, -0.25) is 4.79 Å². The third-order valence-electron chi connectivity index (χ3n) is 2.68. The summed E-state index contributed by atoms with van der Waals surface area (Å²) >= 11 is 1.55. The summed E-state index contributed by atoms with van der Waals surface area (Å²) in [5.41, 5.74) is 0.336. The average Bonchev–Trinajstić information content (AvgIpc) is 3.08. The first kappa shape index (κ1) is 13.8. The molecule has 0 aliphatic rings. The number of carbonyl (C=O) groups excluding carboxylic acids is 1. The van der Waals surface area contributed by atoms with Crippen molar-refractivity contribution in [1.82, 2.24) is 10.1 Å². The Hall–Kier alpha value is -1.66. The van der Waals surface area contributed by atoms with Crippen LogP contribution in [0.2, 0.25) is 0 Å². The zero-order valence-electron chi connectivity index (χ0n) is 11.0. The number of thiophene rings is 1. The molecule has 0 aliphatic heterocycles. The van der Waals surface area contributed by atoms with Crippen molar-refractivity contribution >= 4 is 17.2 Å². The van der Waals surface area contributed by atoms with Crippen LogP contribution in [-0.4, -0.2) is 43.3 Å². The highest BCUT2D eigenvalue weighted by Gasteiger charge is 2.17. The Bertz CT molecular complexity index is 522. The monoisotopic (exact) mass is 280 g/mol. The molecule has 0 aliphatic carbocycles. The summed E-state index contributed by atoms with van der Waals surface area (Å²) in [6.45, 7) is 1.27. The van der Waals surface area contributed by atoms with Crippen molar-refractivity contribution in [2.75, 3.05) is 27.3 Å². The van der Waals surface area contributed by atoms with Crippen LogP contribution in [0.1, 0.15) is 16.9 Å². The van der Waals surface area contributed by atoms with Gasteiger partial charge in [0.05, 0.1) is 4.88 Å². The fraction of sp³-hybridized carbons (Fsp3) is 0.385. The summed E-state index contributed by atoms with van der Waals surface area (Å²) in [4.78, 5) is 14.7. The minimum atomic E-state index is -0.136. The quantitative estimate of drug-likeness (QED) is 0.763. The second kappa shape index (κ2) is 6.49. The van der Waals surface area contributed by atoms with E-state index in [0.29, 0.717) is 24.6 Å². The number of hydrogen-bond donors (Lipinski definition) is 0. The van der Waals surface area contributed by atoms with Crippen LogP contribution in [0.5, 0.6) is 0 Å². The van der Waals surface area contributed by atoms with Crippen LogP contribution in [-0.2, 0) is 4.74 Å². The van der Waals surface area contributed by atoms with E-state index in [2.05, 4.69) is 5.16 Å². The van der Waals surface area contributed by atoms with Crippen molar-refractivity contribution in [2.24, 2.45) is 0 Å². The molecule has 2 aromatic heterocycles. The highest BCUT2D eigenvalue weighted by Crippen LogP contribution is 2.25. The first-order valence-electron chi connectivity index (χ1n) is 5.97. The Morgan fingerprint density at radius 2 is 2.42 bits per heavy atom. The van der Waals surface area contributed by atoms with Gasteiger partial charge in [-0.2, -0.15) is 0 Å². The third kappa shape index (κ3) is 3.42. The van der Waals surface area contributed by atoms with Crippen LogP contribution in [0, 0.1) is 0 Å². The molecule has 0 saturated carbocycles. The third-order valence-corrected chi connectivity index (χ3v) is 3.57. The molecule has 0 unspecified atom stereocenters. The fourth-order valence-electron chi connectivity index (χ4n) is 1.65. The Labute approximate surface area is 115 Å². The summed E-state index contributed by atoms with van der Waals surface area (Å²) in [5.74, 6) is 0.492. The Morgan fingerprint density at radius 1 is 1.58 bits per heavy atom. The highest BCUT2D eigenvalue weighted by atomic mass is 32.1. The number of aromatic nitrogens is 1. The molecule has 6 heteroatoms. The lowest BCUT2D eigenvalue weighted by Crippen LogP contribution is -2.28. The number of ether oxygens (including phenoxy) is 1. The van der Waals surface area contributed by atoms with E-state index in [9.17, 15) is 4.79 Å². The van der Waals surface area contributed by atoms with Gasteiger partial charge in [0.1, 0.15) is 0 Å². The van der Waals surface area contributed by atoms with E-state index < -0.39 is 0 Å². The Morgan fingerprint density at radius 3 is 3.11 bits per heavy atom. The molecular formula is C13H16N2O3S. The number of methoxy groups -OCH3 is 1. The van der Waals surface area contributed by atoms with E-state index in [0.717, 1.165) is 11.3 Å². The van der Waals surface area contributed by atoms with Gasteiger partial charge in [0, 0.05) is 33.4 Å². The molecule has 2 rings (SSSR count). The van der Waals surface area contributed by atoms with Gasteiger partial charge in [-0.15, -0.1) is 11.3 Å². The van der Waals surface area contributed by atoms with Gasteiger partial charge >= 0.3 is 0 Å². The van der Waals surface area contributed by atoms with Crippen molar-refractivity contribution in [2.45, 2.75) is 6.42 Å². The predicted molar refractivity (Wildman–Crippen MR) is 73.3 cm³/mol. The molecule has 0 bridgehead atoms. The van der Waals surface area contributed by atoms with Gasteiger partial charge in [-0.25, -0.2) is 0 Å². The SMILES string of the molecule is COCCCN(C)C(=O)c1cc(-c2cccs2)on1. The Balaban J connectivity index is 2.00. The molecule has 2 heterocycles. The van der Waals surface area contributed by atoms with Gasteiger partial charge in [0.25, 0.3) is 5.91 Å². The smallest absolute Gasteiger partial charge is 0.275 e. The van der Waals surface area contributed by atoms with Crippen molar-refractivity contribution in [3.63, 3.8) is 0 Å². The van der Waals surface area contributed by atoms with Crippen molar-refractivity contribution in [1.29, 1.82) is 0 Å². The minimum Gasteiger partial charge on any atom is -0.385 e. The summed E-state index contributed by atoms with van der Waals surface area (Å²) in [5, 5.41) is 5.79. The first-order valence-corrected chi connectivity index (χ1v) is 6.85. The van der Waals surface area contributed by atoms with E-state index >= 15 is 0 Å². The summed E-state index contributed by atoms with van der Waals surface area (Å²) in [6.07, 6.45) is 0.800. The second-order valence-corrected chi connectivity index (χ2v) is 5.07. The van der Waals surface area contributed by atoms with Gasteiger partial charge in [0.15, 0.2) is 11.5 Å². The summed E-state index contributed by atoms with van der Waals surface area (Å²) in [7, 11) is 3.39. The minimum absolute atomic E-state index is 0.136. The molecule has 2 aromatic rings. The largest absolute Gasteiger partial charge is 0.385 e. The zero-order valence-corrected chi connectivity index (χ0v) is 11.8. The Kier molecular flexibility index (Phi) is 4.70. The molecule has 0 saturated heterocycles. The van der Waals surface area contributed by atoms with Crippen molar-refractivity contribution < 1.29 is 14.1 Å². The van der Waals surface area contributed by atoms with Crippen LogP contribution in [0.25, 0.3) is 10.6 Å². The van der Waals surface area contributed by atoms with E-state index in [4.69, 9.17) is 9.26 Å². The molecule has 1 amide bonds. The maximum atomic E-state index is 12.1. The predicted octanol–water partition coefficient (Wildman–Crippen LogP) is 2.51. The maximum absolute atomic E-state index is 12.1. The van der Waals surface area contributed by atoms with Gasteiger partial charge in [-0.1, -0.05) is 11.2 Å². The highest BCUT2D eigenvalue weighted by molar-refractivity contribution is 7.13. The lowest BCUT2D eigenvalue weighted by molar-refractivity contribution is 0.0769. The van der Waals surface area contributed by atoms with Gasteiger partial charge in [0.2, 0.25) is 0 Å². The normalized spacial score (nSPS) is 10.6. The number of carbonyl (C=O) groups is 1. The number of rotatable bonds is 6. The summed E-state index contributed by atoms with van der Waals surface area (Å²) in [6, 6.07) is 5.55. The first-order chi connectivity index (χ1) is 9.22. The van der Waals surface area contributed by atoms with Crippen molar-refractivity contribution in [3.8, 4) is 10.6 Å². The molecule has 0 N–H and O–H groups in total. The molecule has 0 radical (unpaired) electrons. The maximum Gasteiger partial charge on any atom is 0.275 e. The van der Waals surface area contributed by atoms with E-state index in [1.54, 1.807) is 36.5 Å². The lowest BCUT2D eigenvalue weighted by Gasteiger charge is -2.14. The molecule has 0 spiro atoms. The molecular weight excluding hydrogens is 264 g/mol. The second-order valence-electron chi connectivity index (χ2n) is 4.13. The molecule has 0 fully saturated rings. The summed E-state index contributed by atoms with van der Waals surface area (Å²) < 4.78 is 10.2. The fourth-order valence-corrected chi connectivity index (χ4v) is 2.33. The standard InChI is InChI=1S/C13H16N2O3S/c1-15(6-4-7-17-2)13(16)10-9-11(18-14-10)12-5-3-8-19-12/h3,5,8-9H,4,6-7H2,1-2H3. The lowest BCUT2D eigenvalue weighted by atomic mass is 10.3. The number of nitrogens with zero attached hydrogens (tertiary/aromatic N) is 2. The van der Waals surface area contributed by atoms with Crippen LogP contribution >= 0.6 is 11.3 Å². The van der Waals surface area contributed by atoms with Gasteiger partial charge < -0.3 is 14.2 Å². The number of amides is 1. The average molecular weight is 280 g/mol. The number of hydrogen-bond acceptors (Lipinski definition) is 5. The van der Waals surface area contributed by atoms with Gasteiger partial charge in [-0.05, 0) is 17.9 Å². The molecule has 102 valence electrons. The van der Waals surface area contributed by atoms with E-state index in [-0.39, 0.29) is 5.91 Å². The van der Waals surface area contributed by atoms with Crippen LogP contribution in [0.15, 0.2) is 28.1 Å². The zero-order chi connectivity index (χ0) is 13.7. The topological polar surface area (TPSA) is 55.6 Å². The van der Waals surface area contributed by atoms with E-state index in [1.165, 1.54) is 0 Å².